The fourth-order valence-electron chi connectivity index (χ4n) is 5.89. The fourth-order valence-corrected chi connectivity index (χ4v) is 5.89. The molecular weight excluding hydrogens is 444 g/mol. The molecule has 176 valence electrons. The van der Waals surface area contributed by atoms with E-state index in [1.54, 1.807) is 31.3 Å². The van der Waals surface area contributed by atoms with Gasteiger partial charge < -0.3 is 25.0 Å². The average molecular weight is 469 g/mol. The lowest BCUT2D eigenvalue weighted by molar-refractivity contribution is -0.152. The molecule has 0 spiro atoms. The van der Waals surface area contributed by atoms with Crippen molar-refractivity contribution in [3.8, 4) is 23.8 Å². The molecule has 8 nitrogen and oxygen atoms in total. The molecule has 0 amide bonds. The lowest BCUT2D eigenvalue weighted by Crippen LogP contribution is -2.52. The molecule has 0 saturated heterocycles. The number of fused-ring (bicyclic) bond motifs is 3. The summed E-state index contributed by atoms with van der Waals surface area (Å²) in [4.78, 5) is 4.25. The van der Waals surface area contributed by atoms with Crippen molar-refractivity contribution in [1.82, 2.24) is 10.3 Å². The first-order chi connectivity index (χ1) is 17.0. The summed E-state index contributed by atoms with van der Waals surface area (Å²) in [5, 5.41) is 46.5. The van der Waals surface area contributed by atoms with Crippen molar-refractivity contribution < 1.29 is 19.7 Å². The van der Waals surface area contributed by atoms with Crippen LogP contribution < -0.4 is 14.8 Å². The predicted molar refractivity (Wildman–Crippen MR) is 125 cm³/mol. The number of methoxy groups -OCH3 is 1. The quantitative estimate of drug-likeness (QED) is 0.520. The van der Waals surface area contributed by atoms with E-state index in [0.717, 1.165) is 5.56 Å². The van der Waals surface area contributed by atoms with Crippen molar-refractivity contribution in [3.05, 3.63) is 88.6 Å². The summed E-state index contributed by atoms with van der Waals surface area (Å²) < 4.78 is 12.2. The van der Waals surface area contributed by atoms with Gasteiger partial charge in [-0.25, -0.2) is 4.98 Å². The fraction of sp³-hybridized carbons (Fsp3) is 0.296. The molecule has 3 aromatic rings. The van der Waals surface area contributed by atoms with Crippen LogP contribution >= 0.6 is 0 Å². The second kappa shape index (κ2) is 8.37. The third kappa shape index (κ3) is 2.98. The molecule has 2 aromatic carbocycles. The van der Waals surface area contributed by atoms with E-state index in [-0.39, 0.29) is 22.9 Å². The molecule has 1 fully saturated rings. The van der Waals surface area contributed by atoms with Crippen LogP contribution in [0.15, 0.2) is 60.7 Å². The van der Waals surface area contributed by atoms with Crippen molar-refractivity contribution >= 4 is 0 Å². The van der Waals surface area contributed by atoms with Gasteiger partial charge in [-0.1, -0.05) is 42.5 Å². The van der Waals surface area contributed by atoms with E-state index >= 15 is 0 Å². The van der Waals surface area contributed by atoms with Gasteiger partial charge in [-0.2, -0.15) is 10.5 Å². The Hall–Kier alpha value is -3.95. The van der Waals surface area contributed by atoms with Gasteiger partial charge in [0.25, 0.3) is 0 Å². The molecule has 1 saturated carbocycles. The summed E-state index contributed by atoms with van der Waals surface area (Å²) in [6, 6.07) is 22.0. The molecule has 0 unspecified atom stereocenters. The summed E-state index contributed by atoms with van der Waals surface area (Å²) in [5.41, 5.74) is -1.28. The monoisotopic (exact) mass is 468 g/mol. The molecular formula is C27H24N4O4. The topological polar surface area (TPSA) is 131 Å². The minimum Gasteiger partial charge on any atom is -0.481 e. The number of rotatable bonds is 5. The van der Waals surface area contributed by atoms with Crippen LogP contribution in [0.5, 0.6) is 11.6 Å². The summed E-state index contributed by atoms with van der Waals surface area (Å²) in [6.45, 7) is 0.395. The molecule has 5 rings (SSSR count). The molecule has 35 heavy (non-hydrogen) atoms. The number of benzene rings is 2. The van der Waals surface area contributed by atoms with Crippen LogP contribution in [0.25, 0.3) is 0 Å². The lowest BCUT2D eigenvalue weighted by Gasteiger charge is -2.40. The first kappa shape index (κ1) is 22.8. The van der Waals surface area contributed by atoms with Gasteiger partial charge in [0.2, 0.25) is 5.88 Å². The zero-order chi connectivity index (χ0) is 24.8. The number of aliphatic hydroxyl groups is 2. The molecule has 1 aliphatic carbocycles. The van der Waals surface area contributed by atoms with E-state index < -0.39 is 29.1 Å². The second-order valence-electron chi connectivity index (χ2n) is 8.85. The average Bonchev–Trinajstić information content (AvgIpc) is 3.27. The SMILES string of the molecule is CNC[C@H]1[C@@H](O)[C@@]2(O)c3c(cc(C#N)nc3OC)O[C@@]2(c2ccc(C#N)cc2)[C@@H]1c1ccccc1. The maximum atomic E-state index is 12.6. The van der Waals surface area contributed by atoms with Crippen LogP contribution in [0.2, 0.25) is 0 Å². The van der Waals surface area contributed by atoms with E-state index in [4.69, 9.17) is 9.47 Å². The molecule has 1 aromatic heterocycles. The van der Waals surface area contributed by atoms with E-state index in [1.807, 2.05) is 36.4 Å². The van der Waals surface area contributed by atoms with E-state index in [2.05, 4.69) is 16.4 Å². The summed E-state index contributed by atoms with van der Waals surface area (Å²) >= 11 is 0. The zero-order valence-corrected chi connectivity index (χ0v) is 19.3. The number of nitrogens with one attached hydrogen (secondary N) is 1. The van der Waals surface area contributed by atoms with Crippen molar-refractivity contribution in [1.29, 1.82) is 10.5 Å². The lowest BCUT2D eigenvalue weighted by atomic mass is 9.70. The minimum atomic E-state index is -1.97. The number of aliphatic hydroxyl groups excluding tert-OH is 1. The number of nitrogens with zero attached hydrogens (tertiary/aromatic N) is 3. The number of hydrogen-bond acceptors (Lipinski definition) is 8. The first-order valence-corrected chi connectivity index (χ1v) is 11.3. The highest BCUT2D eigenvalue weighted by Gasteiger charge is 2.76. The van der Waals surface area contributed by atoms with Gasteiger partial charge in [0.1, 0.15) is 17.5 Å². The third-order valence-electron chi connectivity index (χ3n) is 7.22. The molecule has 0 bridgehead atoms. The van der Waals surface area contributed by atoms with Gasteiger partial charge in [-0.15, -0.1) is 0 Å². The maximum absolute atomic E-state index is 12.6. The Balaban J connectivity index is 1.87. The van der Waals surface area contributed by atoms with Gasteiger partial charge in [-0.3, -0.25) is 0 Å². The number of hydrogen-bond donors (Lipinski definition) is 3. The smallest absolute Gasteiger partial charge is 0.224 e. The Bertz CT molecular complexity index is 1350. The molecule has 1 aliphatic heterocycles. The van der Waals surface area contributed by atoms with E-state index in [0.29, 0.717) is 17.7 Å². The maximum Gasteiger partial charge on any atom is 0.224 e. The summed E-state index contributed by atoms with van der Waals surface area (Å²) in [6.07, 6.45) is -1.28. The Kier molecular flexibility index (Phi) is 5.46. The van der Waals surface area contributed by atoms with Crippen LogP contribution in [-0.4, -0.2) is 42.0 Å². The van der Waals surface area contributed by atoms with Crippen LogP contribution in [-0.2, 0) is 11.2 Å². The number of aromatic nitrogens is 1. The first-order valence-electron chi connectivity index (χ1n) is 11.3. The molecule has 2 aliphatic rings. The van der Waals surface area contributed by atoms with Crippen molar-refractivity contribution in [2.45, 2.75) is 23.2 Å². The number of ether oxygens (including phenoxy) is 2. The van der Waals surface area contributed by atoms with Gasteiger partial charge in [0.15, 0.2) is 11.2 Å². The zero-order valence-electron chi connectivity index (χ0n) is 19.3. The van der Waals surface area contributed by atoms with Crippen molar-refractivity contribution in [2.24, 2.45) is 5.92 Å². The van der Waals surface area contributed by atoms with E-state index in [9.17, 15) is 20.7 Å². The predicted octanol–water partition coefficient (Wildman–Crippen LogP) is 2.30. The van der Waals surface area contributed by atoms with Gasteiger partial charge in [0.05, 0.1) is 30.4 Å². The number of nitriles is 2. The number of pyridine rings is 1. The van der Waals surface area contributed by atoms with Crippen molar-refractivity contribution in [3.63, 3.8) is 0 Å². The Labute approximate surface area is 203 Å². The molecule has 2 heterocycles. The Morgan fingerprint density at radius 3 is 2.43 bits per heavy atom. The Morgan fingerprint density at radius 1 is 1.11 bits per heavy atom. The third-order valence-corrected chi connectivity index (χ3v) is 7.22. The van der Waals surface area contributed by atoms with Crippen molar-refractivity contribution in [2.75, 3.05) is 20.7 Å². The van der Waals surface area contributed by atoms with Crippen LogP contribution in [0.3, 0.4) is 0 Å². The minimum absolute atomic E-state index is 0.0213. The van der Waals surface area contributed by atoms with Crippen LogP contribution in [0.1, 0.15) is 33.9 Å². The second-order valence-corrected chi connectivity index (χ2v) is 8.85. The normalized spacial score (nSPS) is 28.3. The van der Waals surface area contributed by atoms with Crippen LogP contribution in [0.4, 0.5) is 0 Å². The summed E-state index contributed by atoms with van der Waals surface area (Å²) in [7, 11) is 3.19. The highest BCUT2D eigenvalue weighted by atomic mass is 16.5. The summed E-state index contributed by atoms with van der Waals surface area (Å²) in [5.74, 6) is -0.723. The van der Waals surface area contributed by atoms with Crippen LogP contribution in [0, 0.1) is 28.6 Å². The molecule has 3 N–H and O–H groups in total. The Morgan fingerprint density at radius 2 is 1.83 bits per heavy atom. The highest BCUT2D eigenvalue weighted by Crippen LogP contribution is 2.69. The van der Waals surface area contributed by atoms with Gasteiger partial charge in [-0.05, 0) is 30.3 Å². The van der Waals surface area contributed by atoms with E-state index in [1.165, 1.54) is 13.2 Å². The largest absolute Gasteiger partial charge is 0.481 e. The van der Waals surface area contributed by atoms with Gasteiger partial charge >= 0.3 is 0 Å². The highest BCUT2D eigenvalue weighted by molar-refractivity contribution is 5.60. The molecule has 5 atom stereocenters. The molecule has 0 radical (unpaired) electrons. The molecule has 8 heteroatoms. The standard InChI is InChI=1S/C27H24N4O4/c1-30-15-20-22(17-6-4-3-5-7-17)27(18-10-8-16(13-28)9-11-18)26(33,24(20)32)23-21(35-27)12-19(14-29)31-25(23)34-2/h3-12,20,22,24,30,32-33H,15H2,1-2H3/t20-,22-,24-,26+,27+/m1/s1. The van der Waals surface area contributed by atoms with Gasteiger partial charge in [0, 0.05) is 24.4 Å².